The van der Waals surface area contributed by atoms with Crippen molar-refractivity contribution in [3.63, 3.8) is 0 Å². The molecule has 0 saturated heterocycles. The average molecular weight is 227 g/mol. The van der Waals surface area contributed by atoms with Crippen LogP contribution in [-0.4, -0.2) is 9.55 Å². The van der Waals surface area contributed by atoms with Crippen molar-refractivity contribution in [1.29, 1.82) is 0 Å². The molecule has 0 aliphatic carbocycles. The fraction of sp³-hybridized carbons (Fsp3) is 0.222. The van der Waals surface area contributed by atoms with E-state index in [1.807, 2.05) is 30.6 Å². The van der Waals surface area contributed by atoms with Gasteiger partial charge in [-0.25, -0.2) is 4.98 Å². The molecule has 0 unspecified atom stereocenters. The van der Waals surface area contributed by atoms with E-state index in [0.717, 1.165) is 16.1 Å². The molecule has 2 nitrogen and oxygen atoms in total. The first-order chi connectivity index (χ1) is 5.70. The first-order valence-corrected chi connectivity index (χ1v) is 4.49. The Bertz CT molecular complexity index is 324. The molecular weight excluding hydrogens is 216 g/mol. The number of hydrogen-bond donors (Lipinski definition) is 0. The summed E-state index contributed by atoms with van der Waals surface area (Å²) in [5.41, 5.74) is 2.07. The van der Waals surface area contributed by atoms with Crippen LogP contribution in [0.2, 0.25) is 0 Å². The highest BCUT2D eigenvalue weighted by Crippen LogP contribution is 2.17. The molecule has 1 rings (SSSR count). The quantitative estimate of drug-likeness (QED) is 0.759. The topological polar surface area (TPSA) is 17.8 Å². The van der Waals surface area contributed by atoms with Gasteiger partial charge in [-0.05, 0) is 35.9 Å². The summed E-state index contributed by atoms with van der Waals surface area (Å²) in [6, 6.07) is 0. The lowest BCUT2D eigenvalue weighted by atomic mass is 10.3. The zero-order chi connectivity index (χ0) is 9.14. The molecule has 0 aliphatic heterocycles. The largest absolute Gasteiger partial charge is 0.295 e. The molecule has 64 valence electrons. The molecule has 0 radical (unpaired) electrons. The average Bonchev–Trinajstić information content (AvgIpc) is 2.28. The van der Waals surface area contributed by atoms with Crippen molar-refractivity contribution >= 4 is 28.2 Å². The second-order valence-electron chi connectivity index (χ2n) is 2.40. The molecule has 0 amide bonds. The molecule has 0 N–H and O–H groups in total. The van der Waals surface area contributed by atoms with Gasteiger partial charge in [-0.3, -0.25) is 4.57 Å². The second-order valence-corrected chi connectivity index (χ2v) is 3.11. The summed E-state index contributed by atoms with van der Waals surface area (Å²) in [5, 5.41) is 0. The number of aromatic nitrogens is 2. The summed E-state index contributed by atoms with van der Waals surface area (Å²) in [4.78, 5) is 4.26. The van der Waals surface area contributed by atoms with Gasteiger partial charge in [0.05, 0.1) is 11.4 Å². The van der Waals surface area contributed by atoms with Crippen LogP contribution in [0.25, 0.3) is 12.3 Å². The van der Waals surface area contributed by atoms with E-state index in [1.165, 1.54) is 0 Å². The van der Waals surface area contributed by atoms with Crippen molar-refractivity contribution < 1.29 is 0 Å². The van der Waals surface area contributed by atoms with Crippen molar-refractivity contribution in [2.24, 2.45) is 0 Å². The van der Waals surface area contributed by atoms with E-state index in [-0.39, 0.29) is 0 Å². The Kier molecular flexibility index (Phi) is 2.87. The normalized spacial score (nSPS) is 10.9. The Balaban J connectivity index is 3.31. The molecule has 0 spiro atoms. The standard InChI is InChI=1S/C9H11BrN2/c1-4-6-8-7(3)11-9(10)12(8)5-2/h4-6H,2H2,1,3H3/b6-4-. The molecule has 0 fully saturated rings. The summed E-state index contributed by atoms with van der Waals surface area (Å²) in [5.74, 6) is 0. The lowest BCUT2D eigenvalue weighted by Crippen LogP contribution is -1.88. The molecule has 0 atom stereocenters. The van der Waals surface area contributed by atoms with Gasteiger partial charge in [-0.15, -0.1) is 0 Å². The smallest absolute Gasteiger partial charge is 0.181 e. The van der Waals surface area contributed by atoms with Gasteiger partial charge in [-0.1, -0.05) is 12.7 Å². The zero-order valence-corrected chi connectivity index (χ0v) is 8.80. The maximum atomic E-state index is 4.26. The summed E-state index contributed by atoms with van der Waals surface area (Å²) in [7, 11) is 0. The Morgan fingerprint density at radius 1 is 1.58 bits per heavy atom. The Morgan fingerprint density at radius 2 is 2.25 bits per heavy atom. The third kappa shape index (κ3) is 1.50. The van der Waals surface area contributed by atoms with Crippen molar-refractivity contribution in [2.75, 3.05) is 0 Å². The molecule has 0 aliphatic rings. The van der Waals surface area contributed by atoms with Gasteiger partial charge in [0, 0.05) is 6.20 Å². The molecule has 3 heteroatoms. The summed E-state index contributed by atoms with van der Waals surface area (Å²) in [6.07, 6.45) is 5.73. The van der Waals surface area contributed by atoms with Gasteiger partial charge in [-0.2, -0.15) is 0 Å². The van der Waals surface area contributed by atoms with Crippen LogP contribution in [0.1, 0.15) is 18.3 Å². The molecular formula is C9H11BrN2. The predicted octanol–water partition coefficient (Wildman–Crippen LogP) is 3.09. The van der Waals surface area contributed by atoms with Gasteiger partial charge < -0.3 is 0 Å². The van der Waals surface area contributed by atoms with E-state index in [0.29, 0.717) is 0 Å². The lowest BCUT2D eigenvalue weighted by molar-refractivity contribution is 1.07. The van der Waals surface area contributed by atoms with Crippen molar-refractivity contribution in [3.05, 3.63) is 28.8 Å². The number of hydrogen-bond acceptors (Lipinski definition) is 1. The monoisotopic (exact) mass is 226 g/mol. The van der Waals surface area contributed by atoms with Crippen molar-refractivity contribution in [1.82, 2.24) is 9.55 Å². The minimum Gasteiger partial charge on any atom is -0.295 e. The molecule has 1 heterocycles. The van der Waals surface area contributed by atoms with Gasteiger partial charge in [0.2, 0.25) is 0 Å². The number of rotatable bonds is 2. The summed E-state index contributed by atoms with van der Waals surface area (Å²) in [6.45, 7) is 7.66. The van der Waals surface area contributed by atoms with E-state index in [4.69, 9.17) is 0 Å². The van der Waals surface area contributed by atoms with Crippen LogP contribution in [-0.2, 0) is 0 Å². The fourth-order valence-corrected chi connectivity index (χ4v) is 1.66. The van der Waals surface area contributed by atoms with E-state index >= 15 is 0 Å². The molecule has 0 saturated carbocycles. The minimum atomic E-state index is 0.795. The highest BCUT2D eigenvalue weighted by atomic mass is 79.9. The summed E-state index contributed by atoms with van der Waals surface area (Å²) < 4.78 is 2.69. The first kappa shape index (κ1) is 9.26. The van der Waals surface area contributed by atoms with Crippen molar-refractivity contribution in [2.45, 2.75) is 13.8 Å². The lowest BCUT2D eigenvalue weighted by Gasteiger charge is -1.97. The van der Waals surface area contributed by atoms with Crippen molar-refractivity contribution in [3.8, 4) is 0 Å². The highest BCUT2D eigenvalue weighted by molar-refractivity contribution is 9.10. The van der Waals surface area contributed by atoms with Crippen LogP contribution in [0.3, 0.4) is 0 Å². The van der Waals surface area contributed by atoms with Crippen LogP contribution in [0.5, 0.6) is 0 Å². The third-order valence-corrected chi connectivity index (χ3v) is 2.16. The maximum absolute atomic E-state index is 4.26. The van der Waals surface area contributed by atoms with Crippen LogP contribution in [0.4, 0.5) is 0 Å². The molecule has 0 bridgehead atoms. The molecule has 12 heavy (non-hydrogen) atoms. The maximum Gasteiger partial charge on any atom is 0.181 e. The van der Waals surface area contributed by atoms with E-state index in [2.05, 4.69) is 27.5 Å². The number of imidazole rings is 1. The number of nitrogens with zero attached hydrogens (tertiary/aromatic N) is 2. The summed E-state index contributed by atoms with van der Waals surface area (Å²) >= 11 is 3.34. The Labute approximate surface area is 80.7 Å². The van der Waals surface area contributed by atoms with Gasteiger partial charge in [0.15, 0.2) is 4.73 Å². The van der Waals surface area contributed by atoms with Crippen LogP contribution >= 0.6 is 15.9 Å². The Hall–Kier alpha value is -0.830. The Morgan fingerprint density at radius 3 is 2.75 bits per heavy atom. The van der Waals surface area contributed by atoms with Crippen LogP contribution in [0, 0.1) is 6.92 Å². The van der Waals surface area contributed by atoms with Gasteiger partial charge >= 0.3 is 0 Å². The first-order valence-electron chi connectivity index (χ1n) is 3.70. The van der Waals surface area contributed by atoms with Crippen LogP contribution in [0.15, 0.2) is 17.4 Å². The van der Waals surface area contributed by atoms with E-state index in [1.54, 1.807) is 6.20 Å². The second kappa shape index (κ2) is 3.72. The van der Waals surface area contributed by atoms with Crippen LogP contribution < -0.4 is 0 Å². The number of aryl methyl sites for hydroxylation is 1. The molecule has 1 aromatic heterocycles. The molecule has 1 aromatic rings. The minimum absolute atomic E-state index is 0.795. The zero-order valence-electron chi connectivity index (χ0n) is 7.21. The SMILES string of the molecule is C=Cn1c(Br)nc(C)c1/C=C\C. The van der Waals surface area contributed by atoms with Gasteiger partial charge in [0.1, 0.15) is 0 Å². The number of halogens is 1. The number of allylic oxidation sites excluding steroid dienone is 1. The highest BCUT2D eigenvalue weighted by Gasteiger charge is 2.06. The van der Waals surface area contributed by atoms with E-state index in [9.17, 15) is 0 Å². The van der Waals surface area contributed by atoms with E-state index < -0.39 is 0 Å². The van der Waals surface area contributed by atoms with Gasteiger partial charge in [0.25, 0.3) is 0 Å². The third-order valence-electron chi connectivity index (χ3n) is 1.60. The molecule has 0 aromatic carbocycles. The fourth-order valence-electron chi connectivity index (χ4n) is 1.06. The predicted molar refractivity (Wildman–Crippen MR) is 55.8 cm³/mol.